The molecule has 6 rings (SSSR count). The van der Waals surface area contributed by atoms with Gasteiger partial charge in [0.15, 0.2) is 14.5 Å². The molecule has 0 fully saturated rings. The Kier molecular flexibility index (Phi) is 8.12. The molecule has 0 unspecified atom stereocenters. The molecule has 0 atom stereocenters. The molecule has 0 bridgehead atoms. The van der Waals surface area contributed by atoms with Crippen molar-refractivity contribution >= 4 is 69.6 Å². The van der Waals surface area contributed by atoms with Gasteiger partial charge in [-0.3, -0.25) is 0 Å². The zero-order valence-corrected chi connectivity index (χ0v) is 25.8. The van der Waals surface area contributed by atoms with E-state index in [2.05, 4.69) is 182 Å². The molecule has 6 aromatic rings. The van der Waals surface area contributed by atoms with Gasteiger partial charge in [-0.25, -0.2) is 0 Å². The Balaban J connectivity index is 1.86. The highest BCUT2D eigenvalue weighted by atomic mass is 35.5. The molecule has 4 heteroatoms. The van der Waals surface area contributed by atoms with Crippen LogP contribution in [0.3, 0.4) is 0 Å². The molecule has 0 heterocycles. The standard InChI is InChI=1S/C37H30Cl2P2/c38-37(39,40(31-19-7-1-8-20-31,32-21-9-2-10-22-32)33-23-11-3-12-24-33)41(34-25-13-4-14-26-34,35-27-15-5-16-28-35)36-29-17-6-18-30-36/h1-30H/q+2. The summed E-state index contributed by atoms with van der Waals surface area (Å²) >= 11 is 16.9. The highest BCUT2D eigenvalue weighted by Crippen LogP contribution is 2.87. The third kappa shape index (κ3) is 4.55. The monoisotopic (exact) mass is 606 g/mol. The topological polar surface area (TPSA) is 0 Å². The summed E-state index contributed by atoms with van der Waals surface area (Å²) in [4.78, 5) is 0. The van der Waals surface area contributed by atoms with Crippen LogP contribution in [0.5, 0.6) is 0 Å². The highest BCUT2D eigenvalue weighted by Gasteiger charge is 2.79. The average molecular weight is 608 g/mol. The Morgan fingerprint density at radius 2 is 0.415 bits per heavy atom. The van der Waals surface area contributed by atoms with E-state index in [1.54, 1.807) is 0 Å². The Labute approximate surface area is 254 Å². The summed E-state index contributed by atoms with van der Waals surface area (Å²) in [5.74, 6) is 0. The van der Waals surface area contributed by atoms with Crippen molar-refractivity contribution in [2.24, 2.45) is 0 Å². The second kappa shape index (κ2) is 11.9. The number of hydrogen-bond donors (Lipinski definition) is 0. The van der Waals surface area contributed by atoms with Crippen molar-refractivity contribution in [3.63, 3.8) is 0 Å². The molecule has 0 saturated carbocycles. The number of halogens is 2. The van der Waals surface area contributed by atoms with Gasteiger partial charge in [0.1, 0.15) is 31.8 Å². The van der Waals surface area contributed by atoms with Crippen molar-refractivity contribution < 1.29 is 0 Å². The molecular weight excluding hydrogens is 577 g/mol. The van der Waals surface area contributed by atoms with Gasteiger partial charge in [0.2, 0.25) is 0 Å². The van der Waals surface area contributed by atoms with Crippen molar-refractivity contribution in [1.29, 1.82) is 0 Å². The summed E-state index contributed by atoms with van der Waals surface area (Å²) in [6.45, 7) is 0. The SMILES string of the molecule is ClC(Cl)([P+](c1ccccc1)(c1ccccc1)c1ccccc1)[P+](c1ccccc1)(c1ccccc1)c1ccccc1. The fourth-order valence-corrected chi connectivity index (χ4v) is 20.7. The summed E-state index contributed by atoms with van der Waals surface area (Å²) < 4.78 is -1.28. The fraction of sp³-hybridized carbons (Fsp3) is 0.0270. The van der Waals surface area contributed by atoms with E-state index in [0.717, 1.165) is 31.8 Å². The number of rotatable bonds is 8. The van der Waals surface area contributed by atoms with Gasteiger partial charge in [-0.2, -0.15) is 0 Å². The molecule has 0 aliphatic rings. The van der Waals surface area contributed by atoms with E-state index in [-0.39, 0.29) is 0 Å². The van der Waals surface area contributed by atoms with Crippen LogP contribution >= 0.6 is 37.7 Å². The maximum atomic E-state index is 8.45. The molecule has 41 heavy (non-hydrogen) atoms. The summed E-state index contributed by atoms with van der Waals surface area (Å²) in [7, 11) is -5.59. The van der Waals surface area contributed by atoms with E-state index in [9.17, 15) is 0 Å². The van der Waals surface area contributed by atoms with Crippen molar-refractivity contribution in [1.82, 2.24) is 0 Å². The molecule has 200 valence electrons. The minimum atomic E-state index is -2.79. The Morgan fingerprint density at radius 3 is 0.561 bits per heavy atom. The van der Waals surface area contributed by atoms with Crippen LogP contribution in [0.1, 0.15) is 0 Å². The molecule has 0 aliphatic carbocycles. The second-order valence-corrected chi connectivity index (χ2v) is 19.7. The Hall–Kier alpha value is -3.24. The molecular formula is C37H30Cl2P2+2. The lowest BCUT2D eigenvalue weighted by Crippen LogP contribution is -2.50. The first kappa shape index (κ1) is 27.9. The van der Waals surface area contributed by atoms with Crippen LogP contribution in [-0.2, 0) is 0 Å². The molecule has 0 saturated heterocycles. The highest BCUT2D eigenvalue weighted by molar-refractivity contribution is 8.15. The lowest BCUT2D eigenvalue weighted by Gasteiger charge is -2.43. The van der Waals surface area contributed by atoms with E-state index < -0.39 is 18.3 Å². The van der Waals surface area contributed by atoms with E-state index in [1.807, 2.05) is 0 Å². The molecule has 0 amide bonds. The van der Waals surface area contributed by atoms with E-state index in [0.29, 0.717) is 0 Å². The van der Waals surface area contributed by atoms with Crippen LogP contribution in [0, 0.1) is 0 Å². The van der Waals surface area contributed by atoms with E-state index >= 15 is 0 Å². The first-order valence-electron chi connectivity index (χ1n) is 13.6. The van der Waals surface area contributed by atoms with Gasteiger partial charge in [0, 0.05) is 0 Å². The summed E-state index contributed by atoms with van der Waals surface area (Å²) in [6.07, 6.45) is 0. The molecule has 0 aromatic heterocycles. The first-order valence-corrected chi connectivity index (χ1v) is 18.0. The molecule has 6 aromatic carbocycles. The number of alkyl halides is 2. The summed E-state index contributed by atoms with van der Waals surface area (Å²) in [5, 5.41) is 6.89. The van der Waals surface area contributed by atoms with Crippen molar-refractivity contribution in [2.45, 2.75) is 3.82 Å². The normalized spacial score (nSPS) is 12.1. The zero-order valence-electron chi connectivity index (χ0n) is 22.5. The second-order valence-electron chi connectivity index (χ2n) is 9.86. The van der Waals surface area contributed by atoms with E-state index in [1.165, 1.54) is 0 Å². The minimum Gasteiger partial charge on any atom is -0.0620 e. The molecule has 0 N–H and O–H groups in total. The van der Waals surface area contributed by atoms with Gasteiger partial charge in [-0.15, -0.1) is 0 Å². The van der Waals surface area contributed by atoms with Gasteiger partial charge in [-0.05, 0) is 96.0 Å². The first-order chi connectivity index (χ1) is 20.1. The number of hydrogen-bond acceptors (Lipinski definition) is 0. The molecule has 0 radical (unpaired) electrons. The van der Waals surface area contributed by atoms with Crippen LogP contribution in [0.2, 0.25) is 0 Å². The summed E-state index contributed by atoms with van der Waals surface area (Å²) in [6, 6.07) is 64.2. The van der Waals surface area contributed by atoms with Crippen LogP contribution in [0.4, 0.5) is 0 Å². The lowest BCUT2D eigenvalue weighted by molar-refractivity contribution is 1.58. The zero-order chi connectivity index (χ0) is 28.2. The van der Waals surface area contributed by atoms with Crippen molar-refractivity contribution in [2.75, 3.05) is 0 Å². The third-order valence-corrected chi connectivity index (χ3v) is 20.6. The predicted molar refractivity (Wildman–Crippen MR) is 185 cm³/mol. The number of benzene rings is 6. The van der Waals surface area contributed by atoms with Gasteiger partial charge in [-0.1, -0.05) is 109 Å². The molecule has 0 spiro atoms. The summed E-state index contributed by atoms with van der Waals surface area (Å²) in [5.41, 5.74) is 0. The average Bonchev–Trinajstić information content (AvgIpc) is 3.05. The van der Waals surface area contributed by atoms with Crippen LogP contribution < -0.4 is 31.8 Å². The van der Waals surface area contributed by atoms with Gasteiger partial charge in [0.05, 0.1) is 0 Å². The quantitative estimate of drug-likeness (QED) is 0.121. The van der Waals surface area contributed by atoms with Gasteiger partial charge >= 0.3 is 3.82 Å². The third-order valence-electron chi connectivity index (χ3n) is 7.67. The fourth-order valence-electron chi connectivity index (χ4n) is 5.96. The van der Waals surface area contributed by atoms with Crippen LogP contribution in [-0.4, -0.2) is 3.82 Å². The smallest absolute Gasteiger partial charge is 0.0620 e. The van der Waals surface area contributed by atoms with Crippen molar-refractivity contribution in [3.8, 4) is 0 Å². The maximum absolute atomic E-state index is 8.45. The lowest BCUT2D eigenvalue weighted by atomic mass is 10.4. The van der Waals surface area contributed by atoms with Crippen molar-refractivity contribution in [3.05, 3.63) is 182 Å². The van der Waals surface area contributed by atoms with Gasteiger partial charge < -0.3 is 0 Å². The van der Waals surface area contributed by atoms with Gasteiger partial charge in [0.25, 0.3) is 0 Å². The van der Waals surface area contributed by atoms with Crippen LogP contribution in [0.15, 0.2) is 182 Å². The van der Waals surface area contributed by atoms with E-state index in [4.69, 9.17) is 23.2 Å². The Morgan fingerprint density at radius 1 is 0.268 bits per heavy atom. The minimum absolute atomic E-state index is 1.15. The maximum Gasteiger partial charge on any atom is 0.350 e. The Bertz CT molecular complexity index is 1360. The van der Waals surface area contributed by atoms with Crippen LogP contribution in [0.25, 0.3) is 0 Å². The largest absolute Gasteiger partial charge is 0.350 e. The molecule has 0 nitrogen and oxygen atoms in total. The predicted octanol–water partition coefficient (Wildman–Crippen LogP) is 8.06. The molecule has 0 aliphatic heterocycles.